The topological polar surface area (TPSA) is 496 Å². The van der Waals surface area contributed by atoms with Crippen LogP contribution < -0.4 is 5.73 Å². The zero-order valence-electron chi connectivity index (χ0n) is 37.0. The second-order valence-corrected chi connectivity index (χ2v) is 15.6. The van der Waals surface area contributed by atoms with Gasteiger partial charge < -0.3 is 53.1 Å². The molecule has 0 aromatic rings. The first-order chi connectivity index (χ1) is 32.4. The molecule has 0 spiro atoms. The Balaban J connectivity index is 1.90. The van der Waals surface area contributed by atoms with Gasteiger partial charge in [0.05, 0.1) is 55.9 Å². The van der Waals surface area contributed by atoms with Gasteiger partial charge in [-0.05, 0) is 51.4 Å². The van der Waals surface area contributed by atoms with Crippen molar-refractivity contribution in [3.05, 3.63) is 62.7 Å². The quantitative estimate of drug-likeness (QED) is 0.0594. The Morgan fingerprint density at radius 2 is 0.941 bits per heavy atom. The molecule has 4 rings (SSSR count). The Bertz CT molecular complexity index is 2170. The number of carbonyl (C=O) groups excluding carboxylic acids is 5. The van der Waals surface area contributed by atoms with Crippen LogP contribution in [-0.2, 0) is 71.3 Å². The minimum absolute atomic E-state index is 0.198. The number of azide groups is 6. The lowest BCUT2D eigenvalue weighted by Crippen LogP contribution is -2.62. The second-order valence-electron chi connectivity index (χ2n) is 15.6. The molecule has 1 saturated carbocycles. The third-order valence-corrected chi connectivity index (χ3v) is 11.2. The summed E-state index contributed by atoms with van der Waals surface area (Å²) in [7, 11) is 0. The van der Waals surface area contributed by atoms with Crippen molar-refractivity contribution in [2.75, 3.05) is 13.1 Å². The van der Waals surface area contributed by atoms with E-state index in [0.29, 0.717) is 0 Å². The highest BCUT2D eigenvalue weighted by atomic mass is 16.8. The normalized spacial score (nSPS) is 36.1. The van der Waals surface area contributed by atoms with Crippen molar-refractivity contribution < 1.29 is 71.3 Å². The van der Waals surface area contributed by atoms with Crippen LogP contribution in [-0.4, -0.2) is 147 Å². The minimum Gasteiger partial charge on any atom is -0.459 e. The van der Waals surface area contributed by atoms with Crippen molar-refractivity contribution in [1.82, 2.24) is 0 Å². The molecule has 3 saturated heterocycles. The fraction of sp³-hybridized carbons (Fsp3) is 0.853. The summed E-state index contributed by atoms with van der Waals surface area (Å²) in [5.74, 6) is -5.75. The van der Waals surface area contributed by atoms with Gasteiger partial charge in [-0.2, -0.15) is 0 Å². The molecule has 0 aromatic carbocycles. The van der Waals surface area contributed by atoms with E-state index in [2.05, 4.69) is 60.2 Å². The molecule has 0 bridgehead atoms. The van der Waals surface area contributed by atoms with Gasteiger partial charge in [0.25, 0.3) is 0 Å². The number of primary amides is 1. The van der Waals surface area contributed by atoms with Crippen LogP contribution in [0.5, 0.6) is 0 Å². The van der Waals surface area contributed by atoms with Crippen LogP contribution in [0.4, 0.5) is 0 Å². The zero-order valence-corrected chi connectivity index (χ0v) is 37.0. The first kappa shape index (κ1) is 53.6. The highest BCUT2D eigenvalue weighted by Crippen LogP contribution is 2.41. The maximum atomic E-state index is 12.9. The largest absolute Gasteiger partial charge is 0.459 e. The second kappa shape index (κ2) is 25.2. The molecular formula is C34H47N19O15. The Hall–Kier alpha value is -7.03. The van der Waals surface area contributed by atoms with E-state index < -0.39 is 159 Å². The molecular weight excluding hydrogens is 914 g/mol. The molecule has 34 nitrogen and oxygen atoms in total. The van der Waals surface area contributed by atoms with Crippen LogP contribution in [0.15, 0.2) is 30.7 Å². The van der Waals surface area contributed by atoms with E-state index in [4.69, 9.17) is 64.2 Å². The summed E-state index contributed by atoms with van der Waals surface area (Å²) >= 11 is 0. The molecule has 3 heterocycles. The van der Waals surface area contributed by atoms with Crippen LogP contribution in [0, 0.1) is 11.8 Å². The number of rotatable bonds is 20. The van der Waals surface area contributed by atoms with E-state index >= 15 is 0 Å². The van der Waals surface area contributed by atoms with Gasteiger partial charge in [-0.25, -0.2) is 0 Å². The minimum atomic E-state index is -1.94. The maximum absolute atomic E-state index is 12.9. The van der Waals surface area contributed by atoms with Crippen molar-refractivity contribution in [1.29, 1.82) is 0 Å². The van der Waals surface area contributed by atoms with Crippen molar-refractivity contribution in [2.45, 2.75) is 158 Å². The van der Waals surface area contributed by atoms with Gasteiger partial charge >= 0.3 is 23.9 Å². The van der Waals surface area contributed by atoms with Crippen LogP contribution in [0.25, 0.3) is 62.7 Å². The molecule has 0 aromatic heterocycles. The Labute approximate surface area is 383 Å². The summed E-state index contributed by atoms with van der Waals surface area (Å²) in [6.45, 7) is 6.67. The lowest BCUT2D eigenvalue weighted by molar-refractivity contribution is -0.298. The van der Waals surface area contributed by atoms with Gasteiger partial charge in [-0.1, -0.05) is 44.5 Å². The number of hydrogen-bond donors (Lipinski definition) is 1. The van der Waals surface area contributed by atoms with Crippen LogP contribution in [0.2, 0.25) is 0 Å². The average Bonchev–Trinajstić information content (AvgIpc) is 3.55. The highest BCUT2D eigenvalue weighted by molar-refractivity contribution is 5.74. The molecule has 1 aliphatic carbocycles. The Kier molecular flexibility index (Phi) is 19.9. The van der Waals surface area contributed by atoms with E-state index in [9.17, 15) is 46.1 Å². The third kappa shape index (κ3) is 13.5. The Morgan fingerprint density at radius 3 is 1.49 bits per heavy atom. The number of carbonyl (C=O) groups is 5. The molecule has 7 unspecified atom stereocenters. The molecule has 368 valence electrons. The van der Waals surface area contributed by atoms with Gasteiger partial charge in [-0.15, -0.1) is 0 Å². The number of nitrogens with two attached hydrogens (primary N) is 1. The predicted octanol–water partition coefficient (Wildman–Crippen LogP) is 3.93. The summed E-state index contributed by atoms with van der Waals surface area (Å²) in [6, 6.07) is -5.61. The summed E-state index contributed by atoms with van der Waals surface area (Å²) < 4.78 is 59.9. The molecule has 3 aliphatic heterocycles. The molecule has 4 aliphatic rings. The van der Waals surface area contributed by atoms with Crippen molar-refractivity contribution >= 4 is 29.8 Å². The van der Waals surface area contributed by atoms with E-state index in [1.54, 1.807) is 13.8 Å². The molecule has 68 heavy (non-hydrogen) atoms. The number of esters is 4. The van der Waals surface area contributed by atoms with E-state index in [0.717, 1.165) is 27.7 Å². The van der Waals surface area contributed by atoms with E-state index in [-0.39, 0.29) is 13.0 Å². The summed E-state index contributed by atoms with van der Waals surface area (Å²) in [6.07, 6.45) is -22.2. The van der Waals surface area contributed by atoms with Gasteiger partial charge in [0, 0.05) is 57.2 Å². The molecule has 19 atom stereocenters. The molecule has 1 amide bonds. The van der Waals surface area contributed by atoms with Crippen molar-refractivity contribution in [2.24, 2.45) is 48.3 Å². The van der Waals surface area contributed by atoms with Crippen LogP contribution >= 0.6 is 0 Å². The van der Waals surface area contributed by atoms with Gasteiger partial charge in [0.1, 0.15) is 30.5 Å². The van der Waals surface area contributed by atoms with E-state index in [1.165, 1.54) is 0 Å². The molecule has 4 fully saturated rings. The number of ether oxygens (including phenoxy) is 10. The van der Waals surface area contributed by atoms with Crippen LogP contribution in [0.3, 0.4) is 0 Å². The van der Waals surface area contributed by atoms with Crippen molar-refractivity contribution in [3.8, 4) is 0 Å². The standard InChI is InChI=1S/C34H47N19O15/c1-11-12(2)23(46-52-40)32(64-20(11)9-42-48-36)66-26-18(45-51-39)7-17(44-50-38)25(59-13(3)54)30(26)68-34-31(62-16(6)57)27(19(63-34)8-22(35)58)67-33-24(47-53-41)29(61-15(5)56)28(60-14(4)55)21(65-33)10-43-49-37/h11-12,17-21,23-34H,7-10H2,1-6H3,(H2,35,58)/t11-,12-,17+,18?,19+,20?,21-,23?,24?,25?,26+,27-,28+,29?,30+,31?,32+,33+,34-/m0/s1. The predicted molar refractivity (Wildman–Crippen MR) is 219 cm³/mol. The Morgan fingerprint density at radius 1 is 0.500 bits per heavy atom. The first-order valence-electron chi connectivity index (χ1n) is 20.5. The third-order valence-electron chi connectivity index (χ3n) is 11.2. The van der Waals surface area contributed by atoms with Gasteiger partial charge in [0.2, 0.25) is 5.91 Å². The average molecular weight is 962 g/mol. The van der Waals surface area contributed by atoms with E-state index in [1.807, 2.05) is 0 Å². The fourth-order valence-corrected chi connectivity index (χ4v) is 8.31. The SMILES string of the molecule is CC(=O)OC1[C@H](O[C@@H]2C(OC(C)=O)[C@H](N=[N+]=[N-])CC(N=[N+]=[N-])[C@H]2O[C@H]2OC(CN=[N+]=[N-])[C@@H](C)[C@H](C)C2N=[N+]=[N-])O[C@H](CC(N)=O)[C@@H]1O[C@H]1O[C@@H](CN=[N+]=[N-])[C@@H](OC(C)=O)C(OC(C)=O)C1N=[N+]=[N-]. The zero-order chi connectivity index (χ0) is 50.2. The number of amides is 1. The van der Waals surface area contributed by atoms with Crippen molar-refractivity contribution in [3.63, 3.8) is 0 Å². The lowest BCUT2D eigenvalue weighted by Gasteiger charge is -2.48. The summed E-state index contributed by atoms with van der Waals surface area (Å²) in [5, 5.41) is 22.3. The van der Waals surface area contributed by atoms with Gasteiger partial charge in [0.15, 0.2) is 37.2 Å². The first-order valence-corrected chi connectivity index (χ1v) is 20.5. The number of nitrogens with zero attached hydrogens (tertiary/aromatic N) is 18. The lowest BCUT2D eigenvalue weighted by atomic mass is 9.81. The van der Waals surface area contributed by atoms with Gasteiger partial charge in [-0.3, -0.25) is 24.0 Å². The highest BCUT2D eigenvalue weighted by Gasteiger charge is 2.58. The fourth-order valence-electron chi connectivity index (χ4n) is 8.31. The monoisotopic (exact) mass is 961 g/mol. The number of hydrogen-bond acceptors (Lipinski definition) is 21. The van der Waals surface area contributed by atoms with Crippen LogP contribution in [0.1, 0.15) is 54.4 Å². The smallest absolute Gasteiger partial charge is 0.303 e. The summed E-state index contributed by atoms with van der Waals surface area (Å²) in [5.41, 5.74) is 62.5. The molecule has 0 radical (unpaired) electrons. The maximum Gasteiger partial charge on any atom is 0.303 e. The molecule has 34 heteroatoms. The molecule has 2 N–H and O–H groups in total. The summed E-state index contributed by atoms with van der Waals surface area (Å²) in [4.78, 5) is 79.9.